The van der Waals surface area contributed by atoms with Crippen molar-refractivity contribution in [1.29, 1.82) is 0 Å². The molecule has 1 amide bonds. The minimum atomic E-state index is -4.57. The summed E-state index contributed by atoms with van der Waals surface area (Å²) in [6.45, 7) is 1.66. The zero-order valence-corrected chi connectivity index (χ0v) is 19.6. The van der Waals surface area contributed by atoms with Gasteiger partial charge in [0.15, 0.2) is 5.11 Å². The zero-order chi connectivity index (χ0) is 26.0. The molecule has 0 radical (unpaired) electrons. The number of halogens is 3. The summed E-state index contributed by atoms with van der Waals surface area (Å²) in [6, 6.07) is 17.9. The number of thiocarbonyl (C=S) groups is 1. The van der Waals surface area contributed by atoms with Gasteiger partial charge in [-0.2, -0.15) is 13.2 Å². The van der Waals surface area contributed by atoms with Gasteiger partial charge in [0.2, 0.25) is 0 Å². The van der Waals surface area contributed by atoms with Crippen LogP contribution in [0.3, 0.4) is 0 Å². The van der Waals surface area contributed by atoms with E-state index < -0.39 is 28.6 Å². The molecule has 1 aliphatic heterocycles. The molecule has 0 spiro atoms. The molecule has 1 atom stereocenters. The number of carbonyl (C=O) groups is 1. The summed E-state index contributed by atoms with van der Waals surface area (Å²) in [5.41, 5.74) is 0.713. The van der Waals surface area contributed by atoms with Crippen molar-refractivity contribution >= 4 is 40.3 Å². The van der Waals surface area contributed by atoms with E-state index in [9.17, 15) is 28.1 Å². The van der Waals surface area contributed by atoms with E-state index in [2.05, 4.69) is 10.6 Å². The lowest BCUT2D eigenvalue weighted by molar-refractivity contribution is -0.384. The number of carbonyl (C=O) groups excluding carboxylic acids is 1. The Morgan fingerprint density at radius 1 is 1.06 bits per heavy atom. The predicted octanol–water partition coefficient (Wildman–Crippen LogP) is 5.96. The number of rotatable bonds is 5. The molecule has 7 nitrogen and oxygen atoms in total. The molecule has 0 saturated heterocycles. The lowest BCUT2D eigenvalue weighted by atomic mass is 9.92. The summed E-state index contributed by atoms with van der Waals surface area (Å²) in [5, 5.41) is 16.8. The average molecular weight is 513 g/mol. The summed E-state index contributed by atoms with van der Waals surface area (Å²) in [4.78, 5) is 25.5. The first kappa shape index (κ1) is 24.9. The van der Waals surface area contributed by atoms with Gasteiger partial charge in [0.25, 0.3) is 11.6 Å². The van der Waals surface area contributed by atoms with Crippen molar-refractivity contribution in [2.45, 2.75) is 19.1 Å². The van der Waals surface area contributed by atoms with Crippen molar-refractivity contribution in [3.05, 3.63) is 111 Å². The Balaban J connectivity index is 1.79. The van der Waals surface area contributed by atoms with Crippen molar-refractivity contribution in [1.82, 2.24) is 5.32 Å². The quantitative estimate of drug-likeness (QED) is 0.249. The first-order chi connectivity index (χ1) is 17.1. The van der Waals surface area contributed by atoms with Gasteiger partial charge in [-0.15, -0.1) is 0 Å². The fourth-order valence-electron chi connectivity index (χ4n) is 3.93. The molecular weight excluding hydrogens is 493 g/mol. The van der Waals surface area contributed by atoms with Crippen LogP contribution in [0.2, 0.25) is 0 Å². The second-order valence-corrected chi connectivity index (χ2v) is 8.32. The average Bonchev–Trinajstić information content (AvgIpc) is 2.84. The number of nitro benzene ring substituents is 1. The Morgan fingerprint density at radius 3 is 2.33 bits per heavy atom. The van der Waals surface area contributed by atoms with E-state index in [1.54, 1.807) is 36.1 Å². The van der Waals surface area contributed by atoms with Gasteiger partial charge >= 0.3 is 6.18 Å². The van der Waals surface area contributed by atoms with E-state index in [4.69, 9.17) is 12.2 Å². The highest BCUT2D eigenvalue weighted by molar-refractivity contribution is 7.80. The third-order valence-corrected chi connectivity index (χ3v) is 5.93. The van der Waals surface area contributed by atoms with E-state index in [0.29, 0.717) is 11.4 Å². The van der Waals surface area contributed by atoms with Gasteiger partial charge in [-0.3, -0.25) is 19.8 Å². The zero-order valence-electron chi connectivity index (χ0n) is 18.7. The van der Waals surface area contributed by atoms with E-state index in [1.165, 1.54) is 36.4 Å². The van der Waals surface area contributed by atoms with Gasteiger partial charge in [0, 0.05) is 29.2 Å². The summed E-state index contributed by atoms with van der Waals surface area (Å²) in [5.74, 6) is -0.598. The molecule has 0 bridgehead atoms. The number of nitrogens with one attached hydrogen (secondary N) is 2. The molecule has 3 aromatic rings. The summed E-state index contributed by atoms with van der Waals surface area (Å²) in [6.07, 6.45) is -4.57. The van der Waals surface area contributed by atoms with Gasteiger partial charge in [-0.25, -0.2) is 0 Å². The number of non-ortho nitro benzene ring substituents is 1. The molecular formula is C25H19F3N4O3S. The molecule has 0 aliphatic carbocycles. The number of anilines is 2. The summed E-state index contributed by atoms with van der Waals surface area (Å²) >= 11 is 5.54. The van der Waals surface area contributed by atoms with Crippen LogP contribution in [-0.4, -0.2) is 15.9 Å². The number of alkyl halides is 3. The molecule has 2 N–H and O–H groups in total. The highest BCUT2D eigenvalue weighted by Crippen LogP contribution is 2.37. The Bertz CT molecular complexity index is 1360. The van der Waals surface area contributed by atoms with Crippen LogP contribution in [0.25, 0.3) is 0 Å². The monoisotopic (exact) mass is 512 g/mol. The number of para-hydroxylation sites is 1. The molecule has 11 heteroatoms. The van der Waals surface area contributed by atoms with Crippen molar-refractivity contribution in [3.63, 3.8) is 0 Å². The van der Waals surface area contributed by atoms with Gasteiger partial charge in [-0.1, -0.05) is 30.3 Å². The first-order valence-corrected chi connectivity index (χ1v) is 11.1. The molecule has 1 heterocycles. The smallest absolute Gasteiger partial charge is 0.351 e. The number of nitrogens with zero attached hydrogens (tertiary/aromatic N) is 2. The minimum absolute atomic E-state index is 0.144. The van der Waals surface area contributed by atoms with Crippen LogP contribution in [0, 0.1) is 10.1 Å². The Kier molecular flexibility index (Phi) is 6.75. The normalized spacial score (nSPS) is 15.9. The number of amides is 1. The molecule has 0 aromatic heterocycles. The fourth-order valence-corrected chi connectivity index (χ4v) is 4.29. The summed E-state index contributed by atoms with van der Waals surface area (Å²) < 4.78 is 40.2. The van der Waals surface area contributed by atoms with Gasteiger partial charge < -0.3 is 10.6 Å². The van der Waals surface area contributed by atoms with Crippen molar-refractivity contribution in [3.8, 4) is 0 Å². The van der Waals surface area contributed by atoms with E-state index >= 15 is 0 Å². The van der Waals surface area contributed by atoms with Gasteiger partial charge in [0.1, 0.15) is 0 Å². The van der Waals surface area contributed by atoms with Crippen LogP contribution < -0.4 is 15.5 Å². The molecule has 3 aromatic carbocycles. The van der Waals surface area contributed by atoms with Gasteiger partial charge in [0.05, 0.1) is 22.1 Å². The molecule has 184 valence electrons. The number of benzene rings is 3. The number of allylic oxidation sites excluding steroid dienone is 1. The van der Waals surface area contributed by atoms with E-state index in [1.807, 2.05) is 6.07 Å². The van der Waals surface area contributed by atoms with Crippen molar-refractivity contribution in [2.75, 3.05) is 10.2 Å². The van der Waals surface area contributed by atoms with Crippen LogP contribution >= 0.6 is 12.2 Å². The molecule has 36 heavy (non-hydrogen) atoms. The van der Waals surface area contributed by atoms with E-state index in [0.717, 1.165) is 12.1 Å². The molecule has 1 aliphatic rings. The van der Waals surface area contributed by atoms with Crippen LogP contribution in [-0.2, 0) is 11.0 Å². The maximum absolute atomic E-state index is 13.5. The summed E-state index contributed by atoms with van der Waals surface area (Å²) in [7, 11) is 0. The predicted molar refractivity (Wildman–Crippen MR) is 133 cm³/mol. The van der Waals surface area contributed by atoms with Crippen LogP contribution in [0.4, 0.5) is 30.2 Å². The molecule has 0 saturated carbocycles. The van der Waals surface area contributed by atoms with Crippen molar-refractivity contribution < 1.29 is 22.9 Å². The Labute approximate surface area is 209 Å². The third-order valence-electron chi connectivity index (χ3n) is 5.63. The fraction of sp³-hybridized carbons (Fsp3) is 0.120. The minimum Gasteiger partial charge on any atom is -0.351 e. The van der Waals surface area contributed by atoms with Crippen LogP contribution in [0.15, 0.2) is 90.1 Å². The standard InChI is InChI=1S/C25H19F3N4O3S/c1-15-21(23(33)29-18-10-12-20(13-11-18)32(34)35)22(16-6-5-7-17(14-16)25(26,27)28)30-24(36)31(15)19-8-3-2-4-9-19/h2-14,22H,1H3,(H,29,33)(H,30,36)/t22-/m1/s1. The number of nitro groups is 1. The second kappa shape index (κ2) is 9.78. The highest BCUT2D eigenvalue weighted by Gasteiger charge is 2.36. The molecule has 4 rings (SSSR count). The number of hydrogen-bond acceptors (Lipinski definition) is 4. The van der Waals surface area contributed by atoms with Crippen molar-refractivity contribution in [2.24, 2.45) is 0 Å². The second-order valence-electron chi connectivity index (χ2n) is 7.93. The van der Waals surface area contributed by atoms with E-state index in [-0.39, 0.29) is 27.6 Å². The Morgan fingerprint density at radius 2 is 1.72 bits per heavy atom. The van der Waals surface area contributed by atoms with Crippen LogP contribution in [0.1, 0.15) is 24.1 Å². The maximum Gasteiger partial charge on any atom is 0.416 e. The highest BCUT2D eigenvalue weighted by atomic mass is 32.1. The maximum atomic E-state index is 13.5. The van der Waals surface area contributed by atoms with Gasteiger partial charge in [-0.05, 0) is 61.1 Å². The number of hydrogen-bond donors (Lipinski definition) is 2. The molecule has 0 fully saturated rings. The van der Waals surface area contributed by atoms with Crippen LogP contribution in [0.5, 0.6) is 0 Å². The lowest BCUT2D eigenvalue weighted by Crippen LogP contribution is -2.48. The SMILES string of the molecule is CC1=C(C(=O)Nc2ccc([N+](=O)[O-])cc2)[C@@H](c2cccc(C(F)(F)F)c2)NC(=S)N1c1ccccc1. The first-order valence-electron chi connectivity index (χ1n) is 10.7. The largest absolute Gasteiger partial charge is 0.416 e. The topological polar surface area (TPSA) is 87.5 Å². The Hall–Kier alpha value is -4.25. The lowest BCUT2D eigenvalue weighted by Gasteiger charge is -2.38. The third kappa shape index (κ3) is 5.05. The molecule has 0 unspecified atom stereocenters.